The summed E-state index contributed by atoms with van der Waals surface area (Å²) >= 11 is 12.4. The van der Waals surface area contributed by atoms with Crippen LogP contribution >= 0.6 is 23.2 Å². The van der Waals surface area contributed by atoms with Gasteiger partial charge in [-0.1, -0.05) is 74.2 Å². The fourth-order valence-electron chi connectivity index (χ4n) is 3.51. The Morgan fingerprint density at radius 2 is 1.72 bits per heavy atom. The van der Waals surface area contributed by atoms with Gasteiger partial charge in [0.05, 0.1) is 19.1 Å². The number of unbranched alkanes of at least 4 members (excludes halogenated alkanes) is 2. The molecule has 0 aliphatic heterocycles. The van der Waals surface area contributed by atoms with Crippen molar-refractivity contribution in [1.29, 1.82) is 0 Å². The van der Waals surface area contributed by atoms with Crippen molar-refractivity contribution in [3.8, 4) is 0 Å². The van der Waals surface area contributed by atoms with Crippen LogP contribution in [0.25, 0.3) is 0 Å². The topological polar surface area (TPSA) is 35.5 Å². The summed E-state index contributed by atoms with van der Waals surface area (Å²) in [5.74, 6) is -0.540. The van der Waals surface area contributed by atoms with Crippen molar-refractivity contribution in [2.24, 2.45) is 5.92 Å². The van der Waals surface area contributed by atoms with Crippen LogP contribution in [0.5, 0.6) is 0 Å². The first-order valence-electron chi connectivity index (χ1n) is 10.2. The highest BCUT2D eigenvalue weighted by Gasteiger charge is 2.30. The van der Waals surface area contributed by atoms with Gasteiger partial charge >= 0.3 is 5.97 Å². The van der Waals surface area contributed by atoms with Gasteiger partial charge in [0.25, 0.3) is 0 Å². The molecule has 0 saturated carbocycles. The Hall–Kier alpha value is -1.55. The molecule has 0 N–H and O–H groups in total. The molecule has 0 heterocycles. The number of hydrogen-bond acceptors (Lipinski definition) is 3. The van der Waals surface area contributed by atoms with Crippen LogP contribution in [0.3, 0.4) is 0 Å². The summed E-state index contributed by atoms with van der Waals surface area (Å²) in [7, 11) is 1.42. The van der Waals surface area contributed by atoms with Crippen LogP contribution in [0.15, 0.2) is 48.5 Å². The molecule has 29 heavy (non-hydrogen) atoms. The number of hydrogen-bond donors (Lipinski definition) is 0. The zero-order chi connectivity index (χ0) is 21.2. The van der Waals surface area contributed by atoms with Crippen LogP contribution in [0.2, 0.25) is 10.0 Å². The predicted molar refractivity (Wildman–Crippen MR) is 120 cm³/mol. The van der Waals surface area contributed by atoms with Gasteiger partial charge in [0.1, 0.15) is 0 Å². The molecule has 0 fully saturated rings. The maximum atomic E-state index is 12.1. The molecule has 2 rings (SSSR count). The molecule has 2 aromatic rings. The minimum absolute atomic E-state index is 0.0504. The summed E-state index contributed by atoms with van der Waals surface area (Å²) in [6.07, 6.45) is 3.62. The summed E-state index contributed by atoms with van der Waals surface area (Å²) in [5, 5.41) is 1.35. The van der Waals surface area contributed by atoms with Gasteiger partial charge in [0, 0.05) is 22.6 Å². The van der Waals surface area contributed by atoms with Crippen LogP contribution < -0.4 is 0 Å². The predicted octanol–water partition coefficient (Wildman–Crippen LogP) is 7.22. The lowest BCUT2D eigenvalue weighted by atomic mass is 9.82. The van der Waals surface area contributed by atoms with Crippen LogP contribution in [-0.4, -0.2) is 19.7 Å². The molecule has 0 saturated heterocycles. The van der Waals surface area contributed by atoms with Crippen molar-refractivity contribution in [3.05, 3.63) is 69.7 Å². The lowest BCUT2D eigenvalue weighted by Crippen LogP contribution is -2.22. The van der Waals surface area contributed by atoms with E-state index in [9.17, 15) is 4.79 Å². The van der Waals surface area contributed by atoms with Crippen molar-refractivity contribution >= 4 is 29.2 Å². The van der Waals surface area contributed by atoms with Gasteiger partial charge in [-0.25, -0.2) is 0 Å². The normalized spacial score (nSPS) is 14.2. The molecular weight excluding hydrogens is 407 g/mol. The van der Waals surface area contributed by atoms with Gasteiger partial charge in [0.15, 0.2) is 0 Å². The highest BCUT2D eigenvalue weighted by Crippen LogP contribution is 2.40. The van der Waals surface area contributed by atoms with Crippen molar-refractivity contribution < 1.29 is 14.3 Å². The van der Waals surface area contributed by atoms with E-state index in [0.717, 1.165) is 30.4 Å². The van der Waals surface area contributed by atoms with E-state index in [1.165, 1.54) is 7.11 Å². The number of halogens is 2. The van der Waals surface area contributed by atoms with E-state index in [4.69, 9.17) is 32.7 Å². The van der Waals surface area contributed by atoms with Crippen LogP contribution in [0.1, 0.15) is 62.7 Å². The number of benzene rings is 2. The molecular formula is C24H30Cl2O3. The molecule has 158 valence electrons. The molecule has 0 amide bonds. The van der Waals surface area contributed by atoms with E-state index in [0.29, 0.717) is 23.1 Å². The second-order valence-corrected chi connectivity index (χ2v) is 8.24. The van der Waals surface area contributed by atoms with E-state index >= 15 is 0 Å². The zero-order valence-corrected chi connectivity index (χ0v) is 18.9. The van der Waals surface area contributed by atoms with E-state index in [1.54, 1.807) is 0 Å². The first kappa shape index (κ1) is 23.7. The number of methoxy groups -OCH3 is 1. The Morgan fingerprint density at radius 1 is 1.00 bits per heavy atom. The Balaban J connectivity index is 2.40. The number of carbonyl (C=O) groups excluding carboxylic acids is 1. The summed E-state index contributed by atoms with van der Waals surface area (Å²) in [5.41, 5.74) is 2.08. The molecule has 0 aliphatic rings. The molecule has 0 radical (unpaired) electrons. The summed E-state index contributed by atoms with van der Waals surface area (Å²) < 4.78 is 11.4. The Bertz CT molecular complexity index is 761. The Labute approximate surface area is 184 Å². The molecule has 0 aromatic heterocycles. The van der Waals surface area contributed by atoms with E-state index in [1.807, 2.05) is 55.5 Å². The highest BCUT2D eigenvalue weighted by atomic mass is 35.5. The van der Waals surface area contributed by atoms with Crippen molar-refractivity contribution in [2.75, 3.05) is 13.7 Å². The second kappa shape index (κ2) is 12.2. The third-order valence-electron chi connectivity index (χ3n) is 5.10. The summed E-state index contributed by atoms with van der Waals surface area (Å²) in [6, 6.07) is 15.5. The van der Waals surface area contributed by atoms with Gasteiger partial charge in [-0.15, -0.1) is 0 Å². The smallest absolute Gasteiger partial charge is 0.308 e. The highest BCUT2D eigenvalue weighted by molar-refractivity contribution is 6.30. The lowest BCUT2D eigenvalue weighted by Gasteiger charge is -2.30. The first-order chi connectivity index (χ1) is 14.0. The van der Waals surface area contributed by atoms with Gasteiger partial charge < -0.3 is 9.47 Å². The monoisotopic (exact) mass is 436 g/mol. The number of ether oxygens (including phenoxy) is 2. The van der Waals surface area contributed by atoms with E-state index in [2.05, 4.69) is 6.92 Å². The summed E-state index contributed by atoms with van der Waals surface area (Å²) in [6.45, 7) is 4.72. The van der Waals surface area contributed by atoms with Crippen molar-refractivity contribution in [2.45, 2.75) is 51.6 Å². The molecule has 0 spiro atoms. The number of esters is 1. The fraction of sp³-hybridized carbons (Fsp3) is 0.458. The average molecular weight is 437 g/mol. The van der Waals surface area contributed by atoms with Crippen molar-refractivity contribution in [3.63, 3.8) is 0 Å². The molecule has 2 aromatic carbocycles. The lowest BCUT2D eigenvalue weighted by molar-refractivity contribution is -0.145. The number of carbonyl (C=O) groups is 1. The standard InChI is InChI=1S/C24H30Cl2O3/c1-4-5-6-14-29-23(18-10-12-20(25)13-11-18)22(15-17(2)24(27)28-3)19-8-7-9-21(26)16-19/h7-13,16-17,22-23H,4-6,14-15H2,1-3H3. The fourth-order valence-corrected chi connectivity index (χ4v) is 3.83. The van der Waals surface area contributed by atoms with Gasteiger partial charge in [-0.3, -0.25) is 4.79 Å². The van der Waals surface area contributed by atoms with Crippen molar-refractivity contribution in [1.82, 2.24) is 0 Å². The SMILES string of the molecule is CCCCCOC(c1ccc(Cl)cc1)C(CC(C)C(=O)OC)c1cccc(Cl)c1. The number of rotatable bonds is 11. The quantitative estimate of drug-likeness (QED) is 0.275. The zero-order valence-electron chi connectivity index (χ0n) is 17.4. The van der Waals surface area contributed by atoms with Crippen LogP contribution in [0, 0.1) is 5.92 Å². The Kier molecular flexibility index (Phi) is 9.99. The van der Waals surface area contributed by atoms with Gasteiger partial charge in [0.2, 0.25) is 0 Å². The van der Waals surface area contributed by atoms with E-state index < -0.39 is 0 Å². The third-order valence-corrected chi connectivity index (χ3v) is 5.58. The summed E-state index contributed by atoms with van der Waals surface area (Å²) in [4.78, 5) is 12.1. The molecule has 0 bridgehead atoms. The van der Waals surface area contributed by atoms with E-state index in [-0.39, 0.29) is 23.9 Å². The van der Waals surface area contributed by atoms with Crippen LogP contribution in [0.4, 0.5) is 0 Å². The minimum Gasteiger partial charge on any atom is -0.469 e. The average Bonchev–Trinajstić information content (AvgIpc) is 2.72. The molecule has 3 atom stereocenters. The first-order valence-corrected chi connectivity index (χ1v) is 10.9. The minimum atomic E-state index is -0.266. The Morgan fingerprint density at radius 3 is 2.34 bits per heavy atom. The second-order valence-electron chi connectivity index (χ2n) is 7.37. The van der Waals surface area contributed by atoms with Gasteiger partial charge in [-0.05, 0) is 48.2 Å². The largest absolute Gasteiger partial charge is 0.469 e. The third kappa shape index (κ3) is 7.33. The molecule has 3 nitrogen and oxygen atoms in total. The maximum absolute atomic E-state index is 12.1. The van der Waals surface area contributed by atoms with Gasteiger partial charge in [-0.2, -0.15) is 0 Å². The molecule has 3 unspecified atom stereocenters. The van der Waals surface area contributed by atoms with Crippen LogP contribution in [-0.2, 0) is 14.3 Å². The maximum Gasteiger partial charge on any atom is 0.308 e. The molecule has 5 heteroatoms. The molecule has 0 aliphatic carbocycles.